The van der Waals surface area contributed by atoms with E-state index in [1.807, 2.05) is 13.0 Å². The van der Waals surface area contributed by atoms with Gasteiger partial charge in [0.2, 0.25) is 0 Å². The van der Waals surface area contributed by atoms with Gasteiger partial charge in [0.1, 0.15) is 17.2 Å². The van der Waals surface area contributed by atoms with Gasteiger partial charge in [0, 0.05) is 5.56 Å². The van der Waals surface area contributed by atoms with E-state index >= 15 is 0 Å². The van der Waals surface area contributed by atoms with Crippen LogP contribution in [-0.4, -0.2) is 11.7 Å². The Morgan fingerprint density at radius 1 is 1.16 bits per heavy atom. The fourth-order valence-corrected chi connectivity index (χ4v) is 2.07. The molecule has 0 aliphatic heterocycles. The van der Waals surface area contributed by atoms with Gasteiger partial charge in [-0.3, -0.25) is 0 Å². The lowest BCUT2D eigenvalue weighted by molar-refractivity contribution is 0.0976. The first-order valence-electron chi connectivity index (χ1n) is 6.26. The molecule has 0 bridgehead atoms. The molecular formula is C16H17FO2. The summed E-state index contributed by atoms with van der Waals surface area (Å²) in [6, 6.07) is 13.3. The van der Waals surface area contributed by atoms with Crippen LogP contribution in [0.4, 0.5) is 4.39 Å². The fourth-order valence-electron chi connectivity index (χ4n) is 2.07. The van der Waals surface area contributed by atoms with Crippen LogP contribution in [0.3, 0.4) is 0 Å². The molecule has 3 heteroatoms. The number of aliphatic hydroxyl groups is 1. The average molecular weight is 260 g/mol. The SMILES string of the molecule is CCOc1cccc(C(C)(O)c2ccccc2F)c1. The minimum Gasteiger partial charge on any atom is -0.494 e. The van der Waals surface area contributed by atoms with Crippen molar-refractivity contribution in [3.63, 3.8) is 0 Å². The van der Waals surface area contributed by atoms with Gasteiger partial charge in [0.05, 0.1) is 6.61 Å². The van der Waals surface area contributed by atoms with Crippen molar-refractivity contribution in [1.82, 2.24) is 0 Å². The molecule has 0 aliphatic carbocycles. The van der Waals surface area contributed by atoms with E-state index in [4.69, 9.17) is 4.74 Å². The zero-order valence-electron chi connectivity index (χ0n) is 11.1. The minimum atomic E-state index is -1.39. The Morgan fingerprint density at radius 2 is 1.89 bits per heavy atom. The van der Waals surface area contributed by atoms with Crippen LogP contribution in [-0.2, 0) is 5.60 Å². The molecule has 2 aromatic rings. The second kappa shape index (κ2) is 5.41. The summed E-state index contributed by atoms with van der Waals surface area (Å²) in [6.45, 7) is 4.02. The zero-order chi connectivity index (χ0) is 13.9. The van der Waals surface area contributed by atoms with Crippen LogP contribution in [0.25, 0.3) is 0 Å². The molecule has 1 atom stereocenters. The van der Waals surface area contributed by atoms with Crippen molar-refractivity contribution in [2.24, 2.45) is 0 Å². The summed E-state index contributed by atoms with van der Waals surface area (Å²) < 4.78 is 19.2. The van der Waals surface area contributed by atoms with Crippen LogP contribution >= 0.6 is 0 Å². The van der Waals surface area contributed by atoms with E-state index in [2.05, 4.69) is 0 Å². The Kier molecular flexibility index (Phi) is 3.86. The summed E-state index contributed by atoms with van der Waals surface area (Å²) in [4.78, 5) is 0. The van der Waals surface area contributed by atoms with Crippen LogP contribution in [0, 0.1) is 5.82 Å². The van der Waals surface area contributed by atoms with Gasteiger partial charge in [0.25, 0.3) is 0 Å². The van der Waals surface area contributed by atoms with Crippen molar-refractivity contribution in [2.45, 2.75) is 19.4 Å². The maximum Gasteiger partial charge on any atom is 0.129 e. The molecule has 0 amide bonds. The lowest BCUT2D eigenvalue weighted by atomic mass is 9.88. The molecule has 0 fully saturated rings. The number of hydrogen-bond acceptors (Lipinski definition) is 2. The molecule has 2 rings (SSSR count). The van der Waals surface area contributed by atoms with E-state index in [1.54, 1.807) is 43.3 Å². The number of ether oxygens (including phenoxy) is 1. The Labute approximate surface area is 112 Å². The highest BCUT2D eigenvalue weighted by molar-refractivity contribution is 5.39. The molecule has 2 nitrogen and oxygen atoms in total. The summed E-state index contributed by atoms with van der Waals surface area (Å²) >= 11 is 0. The second-order valence-corrected chi connectivity index (χ2v) is 4.51. The van der Waals surface area contributed by atoms with Gasteiger partial charge in [-0.25, -0.2) is 4.39 Å². The van der Waals surface area contributed by atoms with E-state index in [0.29, 0.717) is 17.9 Å². The zero-order valence-corrected chi connectivity index (χ0v) is 11.1. The highest BCUT2D eigenvalue weighted by atomic mass is 19.1. The summed E-state index contributed by atoms with van der Waals surface area (Å²) in [5.41, 5.74) is -0.537. The predicted molar refractivity (Wildman–Crippen MR) is 72.7 cm³/mol. The molecule has 0 spiro atoms. The van der Waals surface area contributed by atoms with Crippen molar-refractivity contribution < 1.29 is 14.2 Å². The molecule has 0 saturated heterocycles. The Bertz CT molecular complexity index is 564. The normalized spacial score (nSPS) is 13.9. The average Bonchev–Trinajstić information content (AvgIpc) is 2.40. The van der Waals surface area contributed by atoms with Crippen molar-refractivity contribution in [2.75, 3.05) is 6.61 Å². The van der Waals surface area contributed by atoms with Gasteiger partial charge in [-0.2, -0.15) is 0 Å². The van der Waals surface area contributed by atoms with E-state index in [1.165, 1.54) is 6.07 Å². The molecular weight excluding hydrogens is 243 g/mol. The van der Waals surface area contributed by atoms with E-state index in [0.717, 1.165) is 0 Å². The van der Waals surface area contributed by atoms with Gasteiger partial charge >= 0.3 is 0 Å². The van der Waals surface area contributed by atoms with E-state index in [-0.39, 0.29) is 5.56 Å². The highest BCUT2D eigenvalue weighted by Crippen LogP contribution is 2.32. The molecule has 0 radical (unpaired) electrons. The smallest absolute Gasteiger partial charge is 0.129 e. The number of halogens is 1. The monoisotopic (exact) mass is 260 g/mol. The van der Waals surface area contributed by atoms with Crippen LogP contribution in [0.15, 0.2) is 48.5 Å². The molecule has 0 aliphatic rings. The molecule has 0 heterocycles. The number of hydrogen-bond donors (Lipinski definition) is 1. The lowest BCUT2D eigenvalue weighted by Gasteiger charge is -2.25. The summed E-state index contributed by atoms with van der Waals surface area (Å²) in [7, 11) is 0. The van der Waals surface area contributed by atoms with Gasteiger partial charge in [0.15, 0.2) is 0 Å². The molecule has 2 aromatic carbocycles. The Morgan fingerprint density at radius 3 is 2.58 bits per heavy atom. The van der Waals surface area contributed by atoms with Gasteiger partial charge in [-0.15, -0.1) is 0 Å². The maximum absolute atomic E-state index is 13.8. The van der Waals surface area contributed by atoms with Crippen molar-refractivity contribution >= 4 is 0 Å². The van der Waals surface area contributed by atoms with Crippen molar-refractivity contribution in [1.29, 1.82) is 0 Å². The number of rotatable bonds is 4. The third-order valence-corrected chi connectivity index (χ3v) is 3.11. The maximum atomic E-state index is 13.8. The first-order valence-corrected chi connectivity index (χ1v) is 6.26. The first-order chi connectivity index (χ1) is 9.05. The largest absolute Gasteiger partial charge is 0.494 e. The minimum absolute atomic E-state index is 0.253. The van der Waals surface area contributed by atoms with Gasteiger partial charge in [-0.05, 0) is 37.6 Å². The van der Waals surface area contributed by atoms with E-state index < -0.39 is 11.4 Å². The van der Waals surface area contributed by atoms with E-state index in [9.17, 15) is 9.50 Å². The molecule has 1 unspecified atom stereocenters. The molecule has 100 valence electrons. The fraction of sp³-hybridized carbons (Fsp3) is 0.250. The summed E-state index contributed by atoms with van der Waals surface area (Å²) in [5.74, 6) is 0.242. The van der Waals surface area contributed by atoms with Gasteiger partial charge < -0.3 is 9.84 Å². The standard InChI is InChI=1S/C16H17FO2/c1-3-19-13-8-6-7-12(11-13)16(2,18)14-9-4-5-10-15(14)17/h4-11,18H,3H2,1-2H3. The van der Waals surface area contributed by atoms with Crippen molar-refractivity contribution in [3.8, 4) is 5.75 Å². The quantitative estimate of drug-likeness (QED) is 0.912. The van der Waals surface area contributed by atoms with Crippen LogP contribution in [0.2, 0.25) is 0 Å². The Balaban J connectivity index is 2.44. The predicted octanol–water partition coefficient (Wildman–Crippen LogP) is 3.48. The third kappa shape index (κ3) is 2.76. The molecule has 0 aromatic heterocycles. The van der Waals surface area contributed by atoms with Gasteiger partial charge in [-0.1, -0.05) is 30.3 Å². The molecule has 19 heavy (non-hydrogen) atoms. The Hall–Kier alpha value is -1.87. The molecule has 0 saturated carbocycles. The topological polar surface area (TPSA) is 29.5 Å². The first kappa shape index (κ1) is 13.6. The summed E-state index contributed by atoms with van der Waals surface area (Å²) in [5, 5.41) is 10.6. The van der Waals surface area contributed by atoms with Crippen LogP contribution in [0.5, 0.6) is 5.75 Å². The van der Waals surface area contributed by atoms with Crippen LogP contribution in [0.1, 0.15) is 25.0 Å². The second-order valence-electron chi connectivity index (χ2n) is 4.51. The van der Waals surface area contributed by atoms with Crippen LogP contribution < -0.4 is 4.74 Å². The molecule has 1 N–H and O–H groups in total. The summed E-state index contributed by atoms with van der Waals surface area (Å²) in [6.07, 6.45) is 0. The third-order valence-electron chi connectivity index (χ3n) is 3.11. The van der Waals surface area contributed by atoms with Crippen molar-refractivity contribution in [3.05, 3.63) is 65.5 Å². The lowest BCUT2D eigenvalue weighted by Crippen LogP contribution is -2.24. The number of benzene rings is 2. The highest BCUT2D eigenvalue weighted by Gasteiger charge is 2.28.